The van der Waals surface area contributed by atoms with Gasteiger partial charge in [-0.3, -0.25) is 20.4 Å². The molecule has 2 amide bonds. The number of anilines is 1. The van der Waals surface area contributed by atoms with Crippen molar-refractivity contribution in [3.63, 3.8) is 0 Å². The summed E-state index contributed by atoms with van der Waals surface area (Å²) >= 11 is 4.57. The quantitative estimate of drug-likeness (QED) is 0.419. The van der Waals surface area contributed by atoms with Gasteiger partial charge < -0.3 is 9.64 Å². The number of hydrogen-bond donors (Lipinski definition) is 2. The monoisotopic (exact) mass is 474 g/mol. The van der Waals surface area contributed by atoms with E-state index in [2.05, 4.69) is 32.2 Å². The summed E-state index contributed by atoms with van der Waals surface area (Å²) in [4.78, 5) is 33.4. The number of carbonyl (C=O) groups is 2. The predicted octanol–water partition coefficient (Wildman–Crippen LogP) is 3.72. The number of rotatable bonds is 6. The van der Waals surface area contributed by atoms with Crippen LogP contribution in [0.1, 0.15) is 31.3 Å². The van der Waals surface area contributed by atoms with Crippen LogP contribution in [0.25, 0.3) is 0 Å². The number of ether oxygens (including phenoxy) is 1. The minimum atomic E-state index is -0.369. The Morgan fingerprint density at radius 3 is 2.71 bits per heavy atom. The normalized spacial score (nSPS) is 13.8. The standard InChI is InChI=1S/C21H22N4O3S3/c1-14-18(31-21(22-14)25-7-9-28-10-8-25)20(27)24-23-19(26)16-4-2-3-5-17(16)30-13-15-6-11-29-12-15/h2-6,11-12H,7-10,13H2,1H3,(H,23,26)(H,24,27). The average molecular weight is 475 g/mol. The van der Waals surface area contributed by atoms with Crippen molar-refractivity contribution in [3.05, 3.63) is 62.8 Å². The van der Waals surface area contributed by atoms with Crippen LogP contribution in [0, 0.1) is 6.92 Å². The highest BCUT2D eigenvalue weighted by Gasteiger charge is 2.21. The summed E-state index contributed by atoms with van der Waals surface area (Å²) in [7, 11) is 0. The van der Waals surface area contributed by atoms with Crippen LogP contribution < -0.4 is 15.8 Å². The lowest BCUT2D eigenvalue weighted by Crippen LogP contribution is -2.41. The highest BCUT2D eigenvalue weighted by atomic mass is 32.2. The number of thiazole rings is 1. The molecular weight excluding hydrogens is 452 g/mol. The minimum absolute atomic E-state index is 0.350. The molecule has 0 aliphatic carbocycles. The Morgan fingerprint density at radius 1 is 1.16 bits per heavy atom. The van der Waals surface area contributed by atoms with E-state index in [1.807, 2.05) is 23.6 Å². The topological polar surface area (TPSA) is 83.6 Å². The third-order valence-electron chi connectivity index (χ3n) is 4.67. The van der Waals surface area contributed by atoms with Crippen LogP contribution in [0.4, 0.5) is 5.13 Å². The van der Waals surface area contributed by atoms with E-state index in [0.29, 0.717) is 29.3 Å². The molecule has 2 aromatic heterocycles. The van der Waals surface area contributed by atoms with Gasteiger partial charge in [-0.05, 0) is 41.4 Å². The van der Waals surface area contributed by atoms with Gasteiger partial charge >= 0.3 is 0 Å². The van der Waals surface area contributed by atoms with Crippen molar-refractivity contribution in [3.8, 4) is 0 Å². The number of nitrogens with one attached hydrogen (secondary N) is 2. The number of hydrogen-bond acceptors (Lipinski definition) is 8. The van der Waals surface area contributed by atoms with Gasteiger partial charge in [0, 0.05) is 23.7 Å². The molecule has 1 aromatic carbocycles. The fourth-order valence-electron chi connectivity index (χ4n) is 3.04. The molecule has 3 heterocycles. The molecule has 0 atom stereocenters. The van der Waals surface area contributed by atoms with Crippen molar-refractivity contribution in [1.29, 1.82) is 0 Å². The van der Waals surface area contributed by atoms with Gasteiger partial charge in [0.05, 0.1) is 24.5 Å². The van der Waals surface area contributed by atoms with E-state index >= 15 is 0 Å². The summed E-state index contributed by atoms with van der Waals surface area (Å²) in [5, 5.41) is 4.93. The number of carbonyl (C=O) groups excluding carboxylic acids is 2. The van der Waals surface area contributed by atoms with E-state index < -0.39 is 0 Å². The molecule has 0 radical (unpaired) electrons. The van der Waals surface area contributed by atoms with Gasteiger partial charge in [0.2, 0.25) is 0 Å². The SMILES string of the molecule is Cc1nc(N2CCOCC2)sc1C(=O)NNC(=O)c1ccccc1SCc1ccsc1. The van der Waals surface area contributed by atoms with Crippen molar-refractivity contribution >= 4 is 51.4 Å². The first kappa shape index (κ1) is 21.8. The first-order valence-corrected chi connectivity index (χ1v) is 12.5. The second-order valence-electron chi connectivity index (χ2n) is 6.84. The Bertz CT molecular complexity index is 1050. The van der Waals surface area contributed by atoms with Gasteiger partial charge in [0.15, 0.2) is 5.13 Å². The van der Waals surface area contributed by atoms with Crippen LogP contribution in [0.5, 0.6) is 0 Å². The molecule has 0 unspecified atom stereocenters. The zero-order valence-electron chi connectivity index (χ0n) is 16.9. The first-order valence-electron chi connectivity index (χ1n) is 9.75. The molecule has 2 N–H and O–H groups in total. The molecule has 3 aromatic rings. The molecule has 10 heteroatoms. The molecule has 31 heavy (non-hydrogen) atoms. The number of thiophene rings is 1. The predicted molar refractivity (Wildman–Crippen MR) is 125 cm³/mol. The number of hydrazine groups is 1. The van der Waals surface area contributed by atoms with Gasteiger partial charge in [-0.1, -0.05) is 23.5 Å². The van der Waals surface area contributed by atoms with Crippen LogP contribution in [0.15, 0.2) is 46.0 Å². The maximum Gasteiger partial charge on any atom is 0.281 e. The molecule has 1 fully saturated rings. The molecule has 0 saturated carbocycles. The lowest BCUT2D eigenvalue weighted by Gasteiger charge is -2.25. The number of aromatic nitrogens is 1. The number of morpholine rings is 1. The first-order chi connectivity index (χ1) is 15.1. The average Bonchev–Trinajstić information content (AvgIpc) is 3.46. The van der Waals surface area contributed by atoms with E-state index in [4.69, 9.17) is 4.74 Å². The zero-order valence-corrected chi connectivity index (χ0v) is 19.4. The van der Waals surface area contributed by atoms with E-state index in [9.17, 15) is 9.59 Å². The van der Waals surface area contributed by atoms with Gasteiger partial charge in [-0.25, -0.2) is 4.98 Å². The summed E-state index contributed by atoms with van der Waals surface area (Å²) in [5.41, 5.74) is 7.46. The highest BCUT2D eigenvalue weighted by Crippen LogP contribution is 2.28. The van der Waals surface area contributed by atoms with E-state index in [-0.39, 0.29) is 11.8 Å². The smallest absolute Gasteiger partial charge is 0.281 e. The molecule has 1 aliphatic rings. The zero-order chi connectivity index (χ0) is 21.6. The summed E-state index contributed by atoms with van der Waals surface area (Å²) in [5.74, 6) is 0.0634. The number of benzene rings is 1. The van der Waals surface area contributed by atoms with Crippen molar-refractivity contribution in [2.75, 3.05) is 31.2 Å². The third kappa shape index (κ3) is 5.45. The van der Waals surface area contributed by atoms with Gasteiger partial charge in [-0.2, -0.15) is 11.3 Å². The molecule has 4 rings (SSSR count). The molecular formula is C21H22N4O3S3. The lowest BCUT2D eigenvalue weighted by molar-refractivity contribution is 0.0846. The highest BCUT2D eigenvalue weighted by molar-refractivity contribution is 7.98. The van der Waals surface area contributed by atoms with Crippen molar-refractivity contribution in [2.45, 2.75) is 17.6 Å². The maximum atomic E-state index is 12.7. The molecule has 1 aliphatic heterocycles. The van der Waals surface area contributed by atoms with Crippen LogP contribution in [0.3, 0.4) is 0 Å². The summed E-state index contributed by atoms with van der Waals surface area (Å²) < 4.78 is 5.37. The third-order valence-corrected chi connectivity index (χ3v) is 7.76. The number of thioether (sulfide) groups is 1. The van der Waals surface area contributed by atoms with Crippen molar-refractivity contribution in [1.82, 2.24) is 15.8 Å². The number of aryl methyl sites for hydroxylation is 1. The second kappa shape index (κ2) is 10.3. The summed E-state index contributed by atoms with van der Waals surface area (Å²) in [6, 6.07) is 9.46. The number of amides is 2. The molecule has 162 valence electrons. The van der Waals surface area contributed by atoms with E-state index in [0.717, 1.165) is 28.9 Å². The fraction of sp³-hybridized carbons (Fsp3) is 0.286. The Balaban J connectivity index is 1.37. The molecule has 0 spiro atoms. The van der Waals surface area contributed by atoms with Crippen LogP contribution >= 0.6 is 34.4 Å². The summed E-state index contributed by atoms with van der Waals surface area (Å²) in [6.45, 7) is 4.61. The van der Waals surface area contributed by atoms with Crippen LogP contribution in [-0.4, -0.2) is 43.1 Å². The Hall–Kier alpha value is -2.40. The molecule has 1 saturated heterocycles. The Labute approximate surface area is 192 Å². The van der Waals surface area contributed by atoms with Crippen molar-refractivity contribution < 1.29 is 14.3 Å². The van der Waals surface area contributed by atoms with E-state index in [1.54, 1.807) is 36.1 Å². The molecule has 0 bridgehead atoms. The Kier molecular flexibility index (Phi) is 7.23. The summed E-state index contributed by atoms with van der Waals surface area (Å²) in [6.07, 6.45) is 0. The van der Waals surface area contributed by atoms with Crippen LogP contribution in [-0.2, 0) is 10.5 Å². The Morgan fingerprint density at radius 2 is 1.94 bits per heavy atom. The minimum Gasteiger partial charge on any atom is -0.378 e. The number of nitrogens with zero attached hydrogens (tertiary/aromatic N) is 2. The second-order valence-corrected chi connectivity index (χ2v) is 9.61. The van der Waals surface area contributed by atoms with Crippen molar-refractivity contribution in [2.24, 2.45) is 0 Å². The maximum absolute atomic E-state index is 12.7. The van der Waals surface area contributed by atoms with Gasteiger partial charge in [0.1, 0.15) is 4.88 Å². The fourth-order valence-corrected chi connectivity index (χ4v) is 5.82. The molecule has 7 nitrogen and oxygen atoms in total. The lowest BCUT2D eigenvalue weighted by atomic mass is 10.2. The largest absolute Gasteiger partial charge is 0.378 e. The van der Waals surface area contributed by atoms with Crippen LogP contribution in [0.2, 0.25) is 0 Å². The van der Waals surface area contributed by atoms with Gasteiger partial charge in [0.25, 0.3) is 11.8 Å². The van der Waals surface area contributed by atoms with Gasteiger partial charge in [-0.15, -0.1) is 11.8 Å². The van der Waals surface area contributed by atoms with E-state index in [1.165, 1.54) is 16.9 Å².